The van der Waals surface area contributed by atoms with Crippen molar-refractivity contribution in [3.63, 3.8) is 0 Å². The SMILES string of the molecule is NN1CC[C@](N)(NS(=O)(=O)O)[C@@](P=O)(C(=O)OCc2ccc(Cl)cc2Cl)C1=O. The van der Waals surface area contributed by atoms with Crippen LogP contribution >= 0.6 is 31.7 Å². The van der Waals surface area contributed by atoms with Crippen LogP contribution < -0.4 is 16.3 Å². The minimum atomic E-state index is -4.99. The summed E-state index contributed by atoms with van der Waals surface area (Å²) in [7, 11) is -6.19. The Morgan fingerprint density at radius 2 is 2.07 bits per heavy atom. The van der Waals surface area contributed by atoms with Gasteiger partial charge in [-0.25, -0.2) is 10.6 Å². The molecule has 0 saturated carbocycles. The van der Waals surface area contributed by atoms with Crippen molar-refractivity contribution < 1.29 is 31.9 Å². The van der Waals surface area contributed by atoms with E-state index in [4.69, 9.17) is 44.1 Å². The predicted molar refractivity (Wildman–Crippen MR) is 98.7 cm³/mol. The van der Waals surface area contributed by atoms with Crippen LogP contribution in [0.4, 0.5) is 0 Å². The number of nitrogens with one attached hydrogen (secondary N) is 1. The summed E-state index contributed by atoms with van der Waals surface area (Å²) in [6.45, 7) is -0.753. The highest BCUT2D eigenvalue weighted by atomic mass is 35.5. The summed E-state index contributed by atoms with van der Waals surface area (Å²) in [6.07, 6.45) is -0.443. The largest absolute Gasteiger partial charge is 0.459 e. The van der Waals surface area contributed by atoms with Crippen LogP contribution in [0.25, 0.3) is 0 Å². The van der Waals surface area contributed by atoms with Gasteiger partial charge in [-0.05, 0) is 12.1 Å². The lowest BCUT2D eigenvalue weighted by Crippen LogP contribution is -2.79. The maximum atomic E-state index is 12.8. The van der Waals surface area contributed by atoms with E-state index in [1.54, 1.807) is 4.72 Å². The summed E-state index contributed by atoms with van der Waals surface area (Å²) < 4.78 is 50.3. The van der Waals surface area contributed by atoms with E-state index in [-0.39, 0.29) is 11.6 Å². The Morgan fingerprint density at radius 3 is 2.61 bits per heavy atom. The number of carbonyl (C=O) groups is 2. The van der Waals surface area contributed by atoms with Gasteiger partial charge in [0.2, 0.25) is 0 Å². The van der Waals surface area contributed by atoms with Crippen molar-refractivity contribution in [2.24, 2.45) is 11.6 Å². The Morgan fingerprint density at radius 1 is 1.43 bits per heavy atom. The van der Waals surface area contributed by atoms with Crippen molar-refractivity contribution >= 4 is 53.8 Å². The van der Waals surface area contributed by atoms with Crippen LogP contribution in [0.5, 0.6) is 0 Å². The van der Waals surface area contributed by atoms with Crippen molar-refractivity contribution in [1.82, 2.24) is 9.73 Å². The van der Waals surface area contributed by atoms with E-state index in [1.165, 1.54) is 18.2 Å². The first-order valence-corrected chi connectivity index (χ1v) is 10.4. The number of nitrogens with two attached hydrogens (primary N) is 2. The molecule has 1 aliphatic heterocycles. The third kappa shape index (κ3) is 4.29. The summed E-state index contributed by atoms with van der Waals surface area (Å²) in [5.74, 6) is 2.80. The second-order valence-corrected chi connectivity index (χ2v) is 8.76. The van der Waals surface area contributed by atoms with E-state index < -0.39 is 54.5 Å². The number of amides is 1. The number of esters is 1. The first-order chi connectivity index (χ1) is 12.9. The monoisotopic (exact) mass is 472 g/mol. The van der Waals surface area contributed by atoms with E-state index in [9.17, 15) is 22.6 Å². The molecule has 15 heteroatoms. The Hall–Kier alpha value is -1.37. The van der Waals surface area contributed by atoms with E-state index >= 15 is 0 Å². The summed E-state index contributed by atoms with van der Waals surface area (Å²) in [5, 5.41) is -1.75. The van der Waals surface area contributed by atoms with E-state index in [2.05, 4.69) is 0 Å². The normalized spacial score (nSPS) is 25.8. The first-order valence-electron chi connectivity index (χ1n) is 7.44. The number of ether oxygens (including phenoxy) is 1. The molecule has 1 amide bonds. The smallest absolute Gasteiger partial charge is 0.337 e. The molecule has 0 bridgehead atoms. The number of piperidine rings is 1. The molecule has 0 aromatic heterocycles. The fourth-order valence-corrected chi connectivity index (χ4v) is 4.58. The lowest BCUT2D eigenvalue weighted by molar-refractivity contribution is -0.160. The van der Waals surface area contributed by atoms with Crippen LogP contribution in [0.1, 0.15) is 12.0 Å². The third-order valence-corrected chi connectivity index (χ3v) is 6.34. The molecule has 0 unspecified atom stereocenters. The van der Waals surface area contributed by atoms with Crippen LogP contribution in [0.3, 0.4) is 0 Å². The molecule has 1 heterocycles. The van der Waals surface area contributed by atoms with Gasteiger partial charge in [-0.3, -0.25) is 18.9 Å². The molecule has 28 heavy (non-hydrogen) atoms. The minimum absolute atomic E-state index is 0.152. The zero-order valence-electron chi connectivity index (χ0n) is 14.0. The molecule has 1 aliphatic rings. The summed E-state index contributed by atoms with van der Waals surface area (Å²) in [4.78, 5) is 25.4. The topological polar surface area (TPSA) is 182 Å². The van der Waals surface area contributed by atoms with Gasteiger partial charge in [0, 0.05) is 28.6 Å². The molecule has 2 atom stereocenters. The van der Waals surface area contributed by atoms with E-state index in [0.717, 1.165) is 0 Å². The van der Waals surface area contributed by atoms with E-state index in [0.29, 0.717) is 15.6 Å². The summed E-state index contributed by atoms with van der Waals surface area (Å²) >= 11 is 11.8. The number of hydrogen-bond acceptors (Lipinski definition) is 8. The van der Waals surface area contributed by atoms with Gasteiger partial charge in [0.05, 0.1) is 0 Å². The van der Waals surface area contributed by atoms with Gasteiger partial charge in [0.1, 0.15) is 12.3 Å². The fraction of sp³-hybridized carbons (Fsp3) is 0.385. The zero-order chi connectivity index (χ0) is 21.3. The van der Waals surface area contributed by atoms with Crippen molar-refractivity contribution in [1.29, 1.82) is 0 Å². The number of rotatable bonds is 6. The van der Waals surface area contributed by atoms with Crippen molar-refractivity contribution in [3.8, 4) is 0 Å². The Kier molecular flexibility index (Phi) is 6.68. The average Bonchev–Trinajstić information content (AvgIpc) is 2.57. The molecule has 0 aliphatic carbocycles. The summed E-state index contributed by atoms with van der Waals surface area (Å²) in [6, 6.07) is 4.30. The van der Waals surface area contributed by atoms with Gasteiger partial charge in [-0.2, -0.15) is 13.1 Å². The summed E-state index contributed by atoms with van der Waals surface area (Å²) in [5.41, 5.74) is 3.73. The maximum Gasteiger partial charge on any atom is 0.337 e. The van der Waals surface area contributed by atoms with Gasteiger partial charge < -0.3 is 10.5 Å². The van der Waals surface area contributed by atoms with Crippen LogP contribution in [0.2, 0.25) is 10.0 Å². The van der Waals surface area contributed by atoms with Gasteiger partial charge >= 0.3 is 16.3 Å². The zero-order valence-corrected chi connectivity index (χ0v) is 17.2. The number of nitrogens with zero attached hydrogens (tertiary/aromatic N) is 1. The second kappa shape index (κ2) is 8.17. The van der Waals surface area contributed by atoms with E-state index in [1.807, 2.05) is 0 Å². The molecule has 6 N–H and O–H groups in total. The van der Waals surface area contributed by atoms with Crippen molar-refractivity contribution in [3.05, 3.63) is 33.8 Å². The highest BCUT2D eigenvalue weighted by Gasteiger charge is 2.67. The minimum Gasteiger partial charge on any atom is -0.459 e. The average molecular weight is 473 g/mol. The second-order valence-electron chi connectivity index (χ2n) is 5.91. The molecule has 0 radical (unpaired) electrons. The van der Waals surface area contributed by atoms with Crippen LogP contribution in [0.15, 0.2) is 18.2 Å². The first kappa shape index (κ1) is 22.9. The van der Waals surface area contributed by atoms with Gasteiger partial charge in [-0.1, -0.05) is 29.3 Å². The lowest BCUT2D eigenvalue weighted by atomic mass is 9.85. The standard InChI is InChI=1S/C13H15Cl2N4O7PS/c14-8-2-1-7(9(15)5-8)6-26-11(21)13(27-22)10(20)19(17)4-3-12(13,16)18-28(23,24)25/h1-2,5,18H,3-4,6,16-17H2,(H,23,24,25)/t12-,13-/m0/s1. The van der Waals surface area contributed by atoms with Crippen molar-refractivity contribution in [2.45, 2.75) is 23.8 Å². The number of carbonyl (C=O) groups excluding carboxylic acids is 2. The van der Waals surface area contributed by atoms with Gasteiger partial charge in [-0.15, -0.1) is 0 Å². The molecule has 1 fully saturated rings. The molecule has 1 aromatic carbocycles. The number of hydrogen-bond donors (Lipinski definition) is 4. The molecule has 1 aromatic rings. The fourth-order valence-electron chi connectivity index (χ4n) is 2.65. The molecule has 0 spiro atoms. The molecule has 154 valence electrons. The number of halogens is 2. The highest BCUT2D eigenvalue weighted by molar-refractivity contribution is 7.83. The molecule has 2 rings (SSSR count). The third-order valence-electron chi connectivity index (χ3n) is 4.08. The molecule has 1 saturated heterocycles. The number of benzene rings is 1. The highest BCUT2D eigenvalue weighted by Crippen LogP contribution is 2.41. The maximum absolute atomic E-state index is 12.8. The Labute approximate surface area is 171 Å². The Balaban J connectivity index is 2.42. The van der Waals surface area contributed by atoms with Crippen molar-refractivity contribution in [2.75, 3.05) is 6.54 Å². The number of hydrazine groups is 1. The van der Waals surface area contributed by atoms with Crippen LogP contribution in [0, 0.1) is 0 Å². The quantitative estimate of drug-likeness (QED) is 0.0854. The molecule has 11 nitrogen and oxygen atoms in total. The van der Waals surface area contributed by atoms with Gasteiger partial charge in [0.25, 0.3) is 11.1 Å². The lowest BCUT2D eigenvalue weighted by Gasteiger charge is -2.45. The van der Waals surface area contributed by atoms with Crippen LogP contribution in [-0.4, -0.2) is 47.2 Å². The Bertz CT molecular complexity index is 933. The molecular weight excluding hydrogens is 458 g/mol. The van der Waals surface area contributed by atoms with Crippen LogP contribution in [-0.2, 0) is 35.8 Å². The molecular formula is C13H15Cl2N4O7PS. The van der Waals surface area contributed by atoms with Gasteiger partial charge in [0.15, 0.2) is 8.46 Å². The predicted octanol–water partition coefficient (Wildman–Crippen LogP) is 0.221.